The molecule has 0 N–H and O–H groups in total. The molecule has 3 heteroatoms. The van der Waals surface area contributed by atoms with E-state index in [9.17, 15) is 0 Å². The van der Waals surface area contributed by atoms with Crippen LogP contribution in [0.15, 0.2) is 78.3 Å². The fraction of sp³-hybridized carbons (Fsp3) is 0.158. The second-order valence-electron chi connectivity index (χ2n) is 4.57. The highest BCUT2D eigenvalue weighted by Crippen LogP contribution is 2.10. The number of nitrogens with zero attached hydrogens (tertiary/aromatic N) is 3. The summed E-state index contributed by atoms with van der Waals surface area (Å²) in [5, 5.41) is 0. The molecule has 0 saturated heterocycles. The van der Waals surface area contributed by atoms with Crippen molar-refractivity contribution >= 4 is 11.9 Å². The molecule has 0 spiro atoms. The van der Waals surface area contributed by atoms with Gasteiger partial charge in [0.15, 0.2) is 0 Å². The Morgan fingerprint density at radius 1 is 1.00 bits per heavy atom. The molecule has 0 bridgehead atoms. The van der Waals surface area contributed by atoms with Crippen LogP contribution in [0.5, 0.6) is 0 Å². The van der Waals surface area contributed by atoms with Crippen LogP contribution in [0.2, 0.25) is 0 Å². The van der Waals surface area contributed by atoms with Crippen molar-refractivity contribution in [2.24, 2.45) is 4.99 Å². The van der Waals surface area contributed by atoms with Crippen molar-refractivity contribution in [1.82, 2.24) is 9.55 Å². The lowest BCUT2D eigenvalue weighted by atomic mass is 10.1. The number of aromatic nitrogens is 2. The molecule has 2 aromatic carbocycles. The summed E-state index contributed by atoms with van der Waals surface area (Å²) in [6.07, 6.45) is 7.47. The molecule has 1 aromatic heterocycles. The quantitative estimate of drug-likeness (QED) is 0.640. The van der Waals surface area contributed by atoms with E-state index in [0.717, 1.165) is 17.8 Å². The second kappa shape index (κ2) is 8.57. The van der Waals surface area contributed by atoms with Gasteiger partial charge in [-0.25, -0.2) is 4.98 Å². The highest BCUT2D eigenvalue weighted by Gasteiger charge is 1.95. The third kappa shape index (κ3) is 4.70. The minimum absolute atomic E-state index is 0.843. The molecule has 0 fully saturated rings. The zero-order chi connectivity index (χ0) is 15.6. The van der Waals surface area contributed by atoms with Gasteiger partial charge in [0.05, 0.1) is 12.0 Å². The van der Waals surface area contributed by atoms with E-state index in [-0.39, 0.29) is 0 Å². The van der Waals surface area contributed by atoms with Crippen molar-refractivity contribution in [3.63, 3.8) is 0 Å². The van der Waals surface area contributed by atoms with Crippen LogP contribution in [0.3, 0.4) is 0 Å². The van der Waals surface area contributed by atoms with Crippen molar-refractivity contribution in [3.05, 3.63) is 84.4 Å². The molecule has 0 saturated carbocycles. The van der Waals surface area contributed by atoms with E-state index in [1.54, 1.807) is 6.20 Å². The molecule has 0 unspecified atom stereocenters. The van der Waals surface area contributed by atoms with Gasteiger partial charge in [0.2, 0.25) is 0 Å². The number of hydrogen-bond acceptors (Lipinski definition) is 2. The zero-order valence-corrected chi connectivity index (χ0v) is 13.1. The standard InChI is InChI=1S/C17H15N3.C2H6/c1-2-4-17(5-3-1)19-12-15-6-8-16(9-7-15)13-20-11-10-18-14-20;1-2/h1-12,14H,13H2;1-2H3. The number of para-hydroxylation sites is 1. The van der Waals surface area contributed by atoms with Crippen molar-refractivity contribution in [2.75, 3.05) is 0 Å². The number of aliphatic imine (C=N–C) groups is 1. The largest absolute Gasteiger partial charge is 0.333 e. The average molecular weight is 291 g/mol. The smallest absolute Gasteiger partial charge is 0.0949 e. The maximum absolute atomic E-state index is 4.44. The van der Waals surface area contributed by atoms with Gasteiger partial charge in [-0.1, -0.05) is 56.3 Å². The van der Waals surface area contributed by atoms with Gasteiger partial charge in [-0.15, -0.1) is 0 Å². The maximum Gasteiger partial charge on any atom is 0.0949 e. The molecule has 0 amide bonds. The Labute approximate surface area is 132 Å². The average Bonchev–Trinajstić information content (AvgIpc) is 3.10. The molecule has 0 radical (unpaired) electrons. The van der Waals surface area contributed by atoms with E-state index >= 15 is 0 Å². The van der Waals surface area contributed by atoms with E-state index in [1.165, 1.54) is 5.56 Å². The molecule has 1 heterocycles. The van der Waals surface area contributed by atoms with Gasteiger partial charge in [-0.2, -0.15) is 0 Å². The summed E-state index contributed by atoms with van der Waals surface area (Å²) in [6.45, 7) is 4.84. The lowest BCUT2D eigenvalue weighted by Crippen LogP contribution is -1.96. The summed E-state index contributed by atoms with van der Waals surface area (Å²) >= 11 is 0. The zero-order valence-electron chi connectivity index (χ0n) is 13.1. The van der Waals surface area contributed by atoms with Crippen molar-refractivity contribution in [3.8, 4) is 0 Å². The molecule has 112 valence electrons. The number of imidazole rings is 1. The third-order valence-electron chi connectivity index (χ3n) is 3.02. The Morgan fingerprint density at radius 3 is 2.36 bits per heavy atom. The summed E-state index contributed by atoms with van der Waals surface area (Å²) in [5.74, 6) is 0. The Balaban J connectivity index is 0.000000847. The summed E-state index contributed by atoms with van der Waals surface area (Å²) in [6, 6.07) is 18.3. The molecule has 22 heavy (non-hydrogen) atoms. The number of benzene rings is 2. The van der Waals surface area contributed by atoms with E-state index in [0.29, 0.717) is 0 Å². The summed E-state index contributed by atoms with van der Waals surface area (Å²) in [7, 11) is 0. The number of hydrogen-bond donors (Lipinski definition) is 0. The van der Waals surface area contributed by atoms with Gasteiger partial charge in [0, 0.05) is 25.2 Å². The predicted octanol–water partition coefficient (Wildman–Crippen LogP) is 4.71. The Morgan fingerprint density at radius 2 is 1.73 bits per heavy atom. The molecular weight excluding hydrogens is 270 g/mol. The second-order valence-corrected chi connectivity index (χ2v) is 4.57. The van der Waals surface area contributed by atoms with Crippen molar-refractivity contribution < 1.29 is 0 Å². The number of rotatable bonds is 4. The van der Waals surface area contributed by atoms with Gasteiger partial charge in [0.25, 0.3) is 0 Å². The van der Waals surface area contributed by atoms with Crippen LogP contribution < -0.4 is 0 Å². The first-order valence-corrected chi connectivity index (χ1v) is 7.54. The van der Waals surface area contributed by atoms with Crippen LogP contribution in [-0.2, 0) is 6.54 Å². The highest BCUT2D eigenvalue weighted by molar-refractivity contribution is 5.81. The fourth-order valence-electron chi connectivity index (χ4n) is 1.96. The first kappa shape index (κ1) is 15.7. The van der Waals surface area contributed by atoms with E-state index in [1.807, 2.05) is 67.5 Å². The topological polar surface area (TPSA) is 30.2 Å². The van der Waals surface area contributed by atoms with Gasteiger partial charge >= 0.3 is 0 Å². The molecule has 0 aliphatic heterocycles. The third-order valence-corrected chi connectivity index (χ3v) is 3.02. The van der Waals surface area contributed by atoms with E-state index < -0.39 is 0 Å². The van der Waals surface area contributed by atoms with Crippen LogP contribution in [0, 0.1) is 0 Å². The van der Waals surface area contributed by atoms with Crippen LogP contribution >= 0.6 is 0 Å². The van der Waals surface area contributed by atoms with Crippen LogP contribution in [0.4, 0.5) is 5.69 Å². The summed E-state index contributed by atoms with van der Waals surface area (Å²) in [5.41, 5.74) is 3.32. The van der Waals surface area contributed by atoms with Crippen molar-refractivity contribution in [1.29, 1.82) is 0 Å². The Kier molecular flexibility index (Phi) is 6.12. The minimum atomic E-state index is 0.843. The van der Waals surface area contributed by atoms with E-state index in [2.05, 4.69) is 34.2 Å². The molecule has 0 atom stereocenters. The van der Waals surface area contributed by atoms with Crippen LogP contribution in [0.1, 0.15) is 25.0 Å². The first-order chi connectivity index (χ1) is 10.9. The summed E-state index contributed by atoms with van der Waals surface area (Å²) in [4.78, 5) is 8.48. The Bertz CT molecular complexity index is 668. The lowest BCUT2D eigenvalue weighted by Gasteiger charge is -2.02. The molecular formula is C19H21N3. The Hall–Kier alpha value is -2.68. The monoisotopic (exact) mass is 291 g/mol. The predicted molar refractivity (Wildman–Crippen MR) is 92.8 cm³/mol. The minimum Gasteiger partial charge on any atom is -0.333 e. The van der Waals surface area contributed by atoms with Gasteiger partial charge in [-0.3, -0.25) is 4.99 Å². The van der Waals surface area contributed by atoms with Gasteiger partial charge in [0.1, 0.15) is 0 Å². The molecule has 3 aromatic rings. The fourth-order valence-corrected chi connectivity index (χ4v) is 1.96. The molecule has 0 aliphatic carbocycles. The lowest BCUT2D eigenvalue weighted by molar-refractivity contribution is 0.797. The van der Waals surface area contributed by atoms with Gasteiger partial charge < -0.3 is 4.57 Å². The highest BCUT2D eigenvalue weighted by atomic mass is 15.0. The van der Waals surface area contributed by atoms with Gasteiger partial charge in [-0.05, 0) is 23.3 Å². The SMILES string of the molecule is C(=Nc1ccccc1)c1ccc(Cn2ccnc2)cc1.CC. The molecule has 3 rings (SSSR count). The first-order valence-electron chi connectivity index (χ1n) is 7.54. The van der Waals surface area contributed by atoms with Crippen LogP contribution in [-0.4, -0.2) is 15.8 Å². The molecule has 3 nitrogen and oxygen atoms in total. The maximum atomic E-state index is 4.44. The summed E-state index contributed by atoms with van der Waals surface area (Å²) < 4.78 is 2.05. The van der Waals surface area contributed by atoms with Crippen LogP contribution in [0.25, 0.3) is 0 Å². The molecule has 0 aliphatic rings. The normalized spacial score (nSPS) is 10.3. The van der Waals surface area contributed by atoms with E-state index in [4.69, 9.17) is 0 Å². The van der Waals surface area contributed by atoms with Crippen molar-refractivity contribution in [2.45, 2.75) is 20.4 Å².